The van der Waals surface area contributed by atoms with Gasteiger partial charge in [0.05, 0.1) is 6.54 Å². The minimum atomic E-state index is -0.665. The summed E-state index contributed by atoms with van der Waals surface area (Å²) in [7, 11) is 0. The summed E-state index contributed by atoms with van der Waals surface area (Å²) in [4.78, 5) is 0. The second-order valence-electron chi connectivity index (χ2n) is 5.72. The normalized spacial score (nSPS) is 10.6. The highest BCUT2D eigenvalue weighted by Gasteiger charge is 2.11. The van der Waals surface area contributed by atoms with Gasteiger partial charge in [0.25, 0.3) is 0 Å². The van der Waals surface area contributed by atoms with Gasteiger partial charge in [-0.2, -0.15) is 10.4 Å². The zero-order valence-electron chi connectivity index (χ0n) is 13.8. The summed E-state index contributed by atoms with van der Waals surface area (Å²) < 4.78 is 34.2. The van der Waals surface area contributed by atoms with E-state index >= 15 is 0 Å². The van der Waals surface area contributed by atoms with Gasteiger partial charge < -0.3 is 4.74 Å². The molecule has 7 heteroatoms. The number of aryl methyl sites for hydroxylation is 1. The Morgan fingerprint density at radius 2 is 1.96 bits per heavy atom. The first kappa shape index (κ1) is 17.9. The van der Waals surface area contributed by atoms with Crippen molar-refractivity contribution in [2.75, 3.05) is 0 Å². The van der Waals surface area contributed by atoms with E-state index in [0.717, 1.165) is 17.3 Å². The van der Waals surface area contributed by atoms with Crippen molar-refractivity contribution in [1.29, 1.82) is 5.26 Å². The summed E-state index contributed by atoms with van der Waals surface area (Å²) in [6.07, 6.45) is 0. The fourth-order valence-electron chi connectivity index (χ4n) is 2.49. The van der Waals surface area contributed by atoms with Crippen LogP contribution in [0.15, 0.2) is 42.5 Å². The van der Waals surface area contributed by atoms with E-state index in [-0.39, 0.29) is 12.2 Å². The first-order valence-corrected chi connectivity index (χ1v) is 8.14. The first-order valence-electron chi connectivity index (χ1n) is 7.76. The number of nitrogens with zero attached hydrogens (tertiary/aromatic N) is 3. The van der Waals surface area contributed by atoms with Gasteiger partial charge in [0.15, 0.2) is 5.69 Å². The molecule has 0 aliphatic rings. The van der Waals surface area contributed by atoms with Crippen LogP contribution in [-0.4, -0.2) is 9.78 Å². The van der Waals surface area contributed by atoms with Crippen LogP contribution in [0.1, 0.15) is 22.5 Å². The highest BCUT2D eigenvalue weighted by Crippen LogP contribution is 2.25. The molecule has 2 aromatic carbocycles. The van der Waals surface area contributed by atoms with Gasteiger partial charge in [-0.1, -0.05) is 11.6 Å². The maximum Gasteiger partial charge on any atom is 0.162 e. The van der Waals surface area contributed by atoms with Gasteiger partial charge >= 0.3 is 0 Å². The third-order valence-corrected chi connectivity index (χ3v) is 4.07. The largest absolute Gasteiger partial charge is 0.488 e. The van der Waals surface area contributed by atoms with Gasteiger partial charge in [0.2, 0.25) is 0 Å². The topological polar surface area (TPSA) is 50.8 Å². The number of hydrogen-bond acceptors (Lipinski definition) is 3. The van der Waals surface area contributed by atoms with Crippen LogP contribution < -0.4 is 4.74 Å². The van der Waals surface area contributed by atoms with Crippen molar-refractivity contribution >= 4 is 11.6 Å². The standard InChI is InChI=1S/C19H14ClF2N3O/c1-12-6-17(9-23)24-25(12)10-14-7-15(20)3-5-19(14)26-11-13-2-4-16(21)8-18(13)22/h2-8H,10-11H2,1H3. The molecule has 26 heavy (non-hydrogen) atoms. The van der Waals surface area contributed by atoms with Crippen LogP contribution in [0.3, 0.4) is 0 Å². The first-order chi connectivity index (χ1) is 12.5. The molecule has 0 N–H and O–H groups in total. The second kappa shape index (κ2) is 7.54. The lowest BCUT2D eigenvalue weighted by atomic mass is 10.2. The molecule has 0 aliphatic heterocycles. The van der Waals surface area contributed by atoms with Crippen LogP contribution in [0, 0.1) is 29.9 Å². The number of nitriles is 1. The summed E-state index contributed by atoms with van der Waals surface area (Å²) >= 11 is 6.08. The maximum atomic E-state index is 13.8. The number of halogens is 3. The minimum absolute atomic E-state index is 0.0533. The molecule has 132 valence electrons. The third-order valence-electron chi connectivity index (χ3n) is 3.84. The van der Waals surface area contributed by atoms with Crippen molar-refractivity contribution < 1.29 is 13.5 Å². The molecule has 0 spiro atoms. The summed E-state index contributed by atoms with van der Waals surface area (Å²) in [6, 6.07) is 12.1. The van der Waals surface area contributed by atoms with Crippen LogP contribution in [0.4, 0.5) is 8.78 Å². The van der Waals surface area contributed by atoms with Crippen molar-refractivity contribution in [3.8, 4) is 11.8 Å². The molecule has 3 aromatic rings. The van der Waals surface area contributed by atoms with E-state index in [9.17, 15) is 8.78 Å². The monoisotopic (exact) mass is 373 g/mol. The molecule has 0 aliphatic carbocycles. The van der Waals surface area contributed by atoms with Gasteiger partial charge in [-0.25, -0.2) is 8.78 Å². The fourth-order valence-corrected chi connectivity index (χ4v) is 2.69. The van der Waals surface area contributed by atoms with Crippen LogP contribution in [0.5, 0.6) is 5.75 Å². The SMILES string of the molecule is Cc1cc(C#N)nn1Cc1cc(Cl)ccc1OCc1ccc(F)cc1F. The molecule has 0 saturated carbocycles. The highest BCUT2D eigenvalue weighted by molar-refractivity contribution is 6.30. The summed E-state index contributed by atoms with van der Waals surface area (Å²) in [5, 5.41) is 13.7. The Morgan fingerprint density at radius 3 is 2.65 bits per heavy atom. The Bertz CT molecular complexity index is 995. The lowest BCUT2D eigenvalue weighted by Gasteiger charge is -2.13. The number of benzene rings is 2. The Morgan fingerprint density at radius 1 is 1.15 bits per heavy atom. The molecular formula is C19H14ClF2N3O. The maximum absolute atomic E-state index is 13.8. The van der Waals surface area contributed by atoms with Gasteiger partial charge in [0, 0.05) is 27.9 Å². The lowest BCUT2D eigenvalue weighted by Crippen LogP contribution is -2.07. The molecule has 0 amide bonds. The van der Waals surface area contributed by atoms with Gasteiger partial charge in [-0.15, -0.1) is 0 Å². The summed E-state index contributed by atoms with van der Waals surface area (Å²) in [5.41, 5.74) is 2.11. The Hall–Kier alpha value is -2.91. The molecule has 0 atom stereocenters. The number of hydrogen-bond donors (Lipinski definition) is 0. The van der Waals surface area contributed by atoms with Crippen molar-refractivity contribution in [2.45, 2.75) is 20.1 Å². The van der Waals surface area contributed by atoms with Crippen molar-refractivity contribution in [2.24, 2.45) is 0 Å². The minimum Gasteiger partial charge on any atom is -0.488 e. The molecular weight excluding hydrogens is 360 g/mol. The average Bonchev–Trinajstić information content (AvgIpc) is 2.95. The molecule has 1 heterocycles. The summed E-state index contributed by atoms with van der Waals surface area (Å²) in [6.45, 7) is 2.13. The van der Waals surface area contributed by atoms with Gasteiger partial charge in [-0.05, 0) is 43.3 Å². The Labute approximate surface area is 154 Å². The molecule has 0 saturated heterocycles. The van der Waals surface area contributed by atoms with E-state index in [1.807, 2.05) is 13.0 Å². The van der Waals surface area contributed by atoms with E-state index in [2.05, 4.69) is 5.10 Å². The Balaban J connectivity index is 1.83. The Kier molecular flexibility index (Phi) is 5.19. The van der Waals surface area contributed by atoms with Gasteiger partial charge in [-0.3, -0.25) is 4.68 Å². The number of ether oxygens (including phenoxy) is 1. The lowest BCUT2D eigenvalue weighted by molar-refractivity contribution is 0.295. The molecule has 0 bridgehead atoms. The zero-order chi connectivity index (χ0) is 18.7. The summed E-state index contributed by atoms with van der Waals surface area (Å²) in [5.74, 6) is -0.797. The predicted octanol–water partition coefficient (Wildman–Crippen LogP) is 4.62. The second-order valence-corrected chi connectivity index (χ2v) is 6.15. The van der Waals surface area contributed by atoms with Crippen LogP contribution in [-0.2, 0) is 13.2 Å². The highest BCUT2D eigenvalue weighted by atomic mass is 35.5. The van der Waals surface area contributed by atoms with Crippen molar-refractivity contribution in [3.63, 3.8) is 0 Å². The quantitative estimate of drug-likeness (QED) is 0.655. The number of rotatable bonds is 5. The van der Waals surface area contributed by atoms with Crippen LogP contribution in [0.25, 0.3) is 0 Å². The van der Waals surface area contributed by atoms with E-state index < -0.39 is 11.6 Å². The van der Waals surface area contributed by atoms with Crippen LogP contribution >= 0.6 is 11.6 Å². The van der Waals surface area contributed by atoms with Crippen molar-refractivity contribution in [3.05, 3.63) is 81.6 Å². The van der Waals surface area contributed by atoms with Crippen LogP contribution in [0.2, 0.25) is 5.02 Å². The molecule has 4 nitrogen and oxygen atoms in total. The predicted molar refractivity (Wildman–Crippen MR) is 92.9 cm³/mol. The fraction of sp³-hybridized carbons (Fsp3) is 0.158. The molecule has 0 fully saturated rings. The zero-order valence-corrected chi connectivity index (χ0v) is 14.6. The van der Waals surface area contributed by atoms with E-state index in [1.54, 1.807) is 28.9 Å². The van der Waals surface area contributed by atoms with E-state index in [4.69, 9.17) is 21.6 Å². The molecule has 0 unspecified atom stereocenters. The third kappa shape index (κ3) is 4.01. The molecule has 3 rings (SSSR count). The van der Waals surface area contributed by atoms with Gasteiger partial charge in [0.1, 0.15) is 30.1 Å². The smallest absolute Gasteiger partial charge is 0.162 e. The van der Waals surface area contributed by atoms with Crippen molar-refractivity contribution in [1.82, 2.24) is 9.78 Å². The average molecular weight is 374 g/mol. The molecule has 1 aromatic heterocycles. The number of aromatic nitrogens is 2. The molecule has 0 radical (unpaired) electrons. The van der Waals surface area contributed by atoms with E-state index in [1.165, 1.54) is 12.1 Å². The van der Waals surface area contributed by atoms with E-state index in [0.29, 0.717) is 23.0 Å².